The number of rotatable bonds is 8. The molecule has 1 atom stereocenters. The molecule has 0 radical (unpaired) electrons. The van der Waals surface area contributed by atoms with Gasteiger partial charge in [0.05, 0.1) is 7.11 Å². The van der Waals surface area contributed by atoms with Crippen molar-refractivity contribution in [2.24, 2.45) is 0 Å². The first-order valence-corrected chi connectivity index (χ1v) is 5.17. The number of carbonyl (C=O) groups is 1. The summed E-state index contributed by atoms with van der Waals surface area (Å²) in [5.41, 5.74) is 0. The highest BCUT2D eigenvalue weighted by Crippen LogP contribution is 2.00. The van der Waals surface area contributed by atoms with Crippen LogP contribution >= 0.6 is 0 Å². The summed E-state index contributed by atoms with van der Waals surface area (Å²) >= 11 is 0. The molecule has 0 aromatic carbocycles. The fourth-order valence-corrected chi connectivity index (χ4v) is 1.19. The van der Waals surface area contributed by atoms with Crippen molar-refractivity contribution >= 4 is 5.97 Å². The fourth-order valence-electron chi connectivity index (χ4n) is 1.19. The van der Waals surface area contributed by atoms with E-state index in [1.165, 1.54) is 7.11 Å². The third-order valence-corrected chi connectivity index (χ3v) is 1.81. The highest BCUT2D eigenvalue weighted by molar-refractivity contribution is 5.75. The second-order valence-corrected chi connectivity index (χ2v) is 3.65. The monoisotopic (exact) mass is 239 g/mol. The zero-order valence-electron chi connectivity index (χ0n) is 9.83. The minimum absolute atomic E-state index is 0.101. The van der Waals surface area contributed by atoms with Crippen molar-refractivity contribution in [1.29, 1.82) is 0 Å². The lowest BCUT2D eigenvalue weighted by Gasteiger charge is -2.18. The normalized spacial score (nSPS) is 13.2. The number of hydrogen-bond donors (Lipinski definition) is 1. The van der Waals surface area contributed by atoms with Gasteiger partial charge in [-0.2, -0.15) is 0 Å². The molecular weight excluding hydrogens is 220 g/mol. The van der Waals surface area contributed by atoms with Gasteiger partial charge in [-0.25, -0.2) is 8.78 Å². The van der Waals surface area contributed by atoms with Crippen LogP contribution in [0.1, 0.15) is 20.3 Å². The highest BCUT2D eigenvalue weighted by atomic mass is 19.3. The van der Waals surface area contributed by atoms with Crippen LogP contribution in [0.5, 0.6) is 0 Å². The summed E-state index contributed by atoms with van der Waals surface area (Å²) < 4.78 is 32.8. The molecule has 4 nitrogen and oxygen atoms in total. The zero-order valence-corrected chi connectivity index (χ0v) is 9.83. The molecule has 0 saturated heterocycles. The summed E-state index contributed by atoms with van der Waals surface area (Å²) in [4.78, 5) is 11.3. The Labute approximate surface area is 94.3 Å². The van der Waals surface area contributed by atoms with Gasteiger partial charge < -0.3 is 14.8 Å². The van der Waals surface area contributed by atoms with Crippen molar-refractivity contribution in [3.63, 3.8) is 0 Å². The summed E-state index contributed by atoms with van der Waals surface area (Å²) in [6.45, 7) is 3.27. The van der Waals surface area contributed by atoms with Gasteiger partial charge in [0.15, 0.2) is 0 Å². The second-order valence-electron chi connectivity index (χ2n) is 3.65. The van der Waals surface area contributed by atoms with E-state index in [-0.39, 0.29) is 12.6 Å². The van der Waals surface area contributed by atoms with E-state index in [9.17, 15) is 13.6 Å². The standard InChI is InChI=1S/C10H19F2NO3/c1-7(2)13-8(10(14)15-3)4-5-16-6-9(11)12/h7-9,13H,4-6H2,1-3H3. The maximum absolute atomic E-state index is 11.8. The molecule has 0 aliphatic heterocycles. The molecule has 0 bridgehead atoms. The first-order valence-electron chi connectivity index (χ1n) is 5.17. The Morgan fingerprint density at radius 3 is 2.44 bits per heavy atom. The van der Waals surface area contributed by atoms with E-state index in [0.29, 0.717) is 6.42 Å². The van der Waals surface area contributed by atoms with Crippen molar-refractivity contribution in [1.82, 2.24) is 5.32 Å². The molecule has 0 spiro atoms. The van der Waals surface area contributed by atoms with Gasteiger partial charge in [-0.05, 0) is 6.42 Å². The number of methoxy groups -OCH3 is 1. The molecule has 0 aliphatic carbocycles. The van der Waals surface area contributed by atoms with Gasteiger partial charge in [0.25, 0.3) is 6.43 Å². The first-order chi connectivity index (χ1) is 7.47. The number of halogens is 2. The number of alkyl halides is 2. The predicted molar refractivity (Wildman–Crippen MR) is 55.5 cm³/mol. The van der Waals surface area contributed by atoms with Crippen LogP contribution in [0, 0.1) is 0 Å². The van der Waals surface area contributed by atoms with Crippen molar-refractivity contribution < 1.29 is 23.0 Å². The number of esters is 1. The molecule has 96 valence electrons. The van der Waals surface area contributed by atoms with Crippen LogP contribution in [0.2, 0.25) is 0 Å². The Bertz CT molecular complexity index is 201. The molecule has 1 N–H and O–H groups in total. The van der Waals surface area contributed by atoms with Crippen LogP contribution in [0.15, 0.2) is 0 Å². The molecule has 0 aliphatic rings. The Morgan fingerprint density at radius 1 is 1.38 bits per heavy atom. The molecule has 16 heavy (non-hydrogen) atoms. The van der Waals surface area contributed by atoms with Gasteiger partial charge in [0.2, 0.25) is 0 Å². The molecule has 1 unspecified atom stereocenters. The van der Waals surface area contributed by atoms with Gasteiger partial charge in [-0.15, -0.1) is 0 Å². The quantitative estimate of drug-likeness (QED) is 0.510. The average molecular weight is 239 g/mol. The van der Waals surface area contributed by atoms with Crippen LogP contribution < -0.4 is 5.32 Å². The highest BCUT2D eigenvalue weighted by Gasteiger charge is 2.19. The van der Waals surface area contributed by atoms with E-state index in [2.05, 4.69) is 10.1 Å². The molecule has 0 aromatic rings. The first kappa shape index (κ1) is 15.2. The fraction of sp³-hybridized carbons (Fsp3) is 0.900. The van der Waals surface area contributed by atoms with Crippen LogP contribution in [-0.4, -0.2) is 44.8 Å². The van der Waals surface area contributed by atoms with E-state index in [0.717, 1.165) is 0 Å². The van der Waals surface area contributed by atoms with Crippen LogP contribution in [0.4, 0.5) is 8.78 Å². The molecule has 0 saturated carbocycles. The molecule has 0 amide bonds. The molecule has 0 fully saturated rings. The van der Waals surface area contributed by atoms with Crippen molar-refractivity contribution in [3.05, 3.63) is 0 Å². The maximum Gasteiger partial charge on any atom is 0.322 e. The van der Waals surface area contributed by atoms with Crippen molar-refractivity contribution in [2.45, 2.75) is 38.8 Å². The Hall–Kier alpha value is -0.750. The molecular formula is C10H19F2NO3. The van der Waals surface area contributed by atoms with E-state index >= 15 is 0 Å². The smallest absolute Gasteiger partial charge is 0.322 e. The lowest BCUT2D eigenvalue weighted by atomic mass is 10.2. The van der Waals surface area contributed by atoms with Crippen LogP contribution in [0.3, 0.4) is 0 Å². The Balaban J connectivity index is 3.88. The lowest BCUT2D eigenvalue weighted by Crippen LogP contribution is -2.42. The summed E-state index contributed by atoms with van der Waals surface area (Å²) in [5.74, 6) is -0.408. The van der Waals surface area contributed by atoms with Crippen molar-refractivity contribution in [3.8, 4) is 0 Å². The summed E-state index contributed by atoms with van der Waals surface area (Å²) in [6.07, 6.45) is -2.16. The Kier molecular flexibility index (Phi) is 8.01. The van der Waals surface area contributed by atoms with E-state index in [1.807, 2.05) is 13.8 Å². The van der Waals surface area contributed by atoms with Gasteiger partial charge in [0, 0.05) is 12.6 Å². The van der Waals surface area contributed by atoms with Gasteiger partial charge >= 0.3 is 5.97 Å². The van der Waals surface area contributed by atoms with E-state index in [4.69, 9.17) is 4.74 Å². The van der Waals surface area contributed by atoms with Crippen LogP contribution in [0.25, 0.3) is 0 Å². The number of carbonyl (C=O) groups excluding carboxylic acids is 1. The van der Waals surface area contributed by atoms with Crippen LogP contribution in [-0.2, 0) is 14.3 Å². The zero-order chi connectivity index (χ0) is 12.6. The largest absolute Gasteiger partial charge is 0.468 e. The number of hydrogen-bond acceptors (Lipinski definition) is 4. The minimum atomic E-state index is -2.48. The second kappa shape index (κ2) is 8.41. The Morgan fingerprint density at radius 2 is 2.00 bits per heavy atom. The summed E-state index contributed by atoms with van der Waals surface area (Å²) in [7, 11) is 1.29. The van der Waals surface area contributed by atoms with Gasteiger partial charge in [-0.3, -0.25) is 4.79 Å². The topological polar surface area (TPSA) is 47.6 Å². The molecule has 0 heterocycles. The number of ether oxygens (including phenoxy) is 2. The van der Waals surface area contributed by atoms with Crippen molar-refractivity contribution in [2.75, 3.05) is 20.3 Å². The van der Waals surface area contributed by atoms with Gasteiger partial charge in [-0.1, -0.05) is 13.8 Å². The third-order valence-electron chi connectivity index (χ3n) is 1.81. The van der Waals surface area contributed by atoms with E-state index < -0.39 is 25.0 Å². The third kappa shape index (κ3) is 7.53. The molecule has 0 aromatic heterocycles. The van der Waals surface area contributed by atoms with E-state index in [1.54, 1.807) is 0 Å². The summed E-state index contributed by atoms with van der Waals surface area (Å²) in [6, 6.07) is -0.401. The summed E-state index contributed by atoms with van der Waals surface area (Å²) in [5, 5.41) is 2.98. The average Bonchev–Trinajstić information content (AvgIpc) is 2.20. The maximum atomic E-state index is 11.8. The lowest BCUT2D eigenvalue weighted by molar-refractivity contribution is -0.144. The molecule has 6 heteroatoms. The SMILES string of the molecule is COC(=O)C(CCOCC(F)F)NC(C)C. The predicted octanol–water partition coefficient (Wildman–Crippen LogP) is 1.20. The number of nitrogens with one attached hydrogen (secondary N) is 1. The molecule has 0 rings (SSSR count). The van der Waals surface area contributed by atoms with Gasteiger partial charge in [0.1, 0.15) is 12.6 Å². The minimum Gasteiger partial charge on any atom is -0.468 e.